The molecule has 23 heavy (non-hydrogen) atoms. The molecule has 0 aromatic heterocycles. The van der Waals surface area contributed by atoms with Gasteiger partial charge in [0.2, 0.25) is 9.84 Å². The van der Waals surface area contributed by atoms with Crippen LogP contribution in [0.3, 0.4) is 0 Å². The zero-order chi connectivity index (χ0) is 16.7. The van der Waals surface area contributed by atoms with Gasteiger partial charge in [-0.05, 0) is 62.7 Å². The van der Waals surface area contributed by atoms with Gasteiger partial charge in [-0.25, -0.2) is 8.42 Å². The van der Waals surface area contributed by atoms with E-state index in [0.717, 1.165) is 18.4 Å². The Hall–Kier alpha value is -1.85. The average Bonchev–Trinajstić information content (AvgIpc) is 2.63. The van der Waals surface area contributed by atoms with Gasteiger partial charge in [0.1, 0.15) is 5.75 Å². The van der Waals surface area contributed by atoms with Crippen LogP contribution in [-0.2, 0) is 21.1 Å². The smallest absolute Gasteiger partial charge is 0.201 e. The van der Waals surface area contributed by atoms with Gasteiger partial charge in [-0.2, -0.15) is 0 Å². The number of hydrogen-bond acceptors (Lipinski definition) is 4. The first kappa shape index (κ1) is 16.0. The molecule has 122 valence electrons. The van der Waals surface area contributed by atoms with E-state index in [4.69, 9.17) is 0 Å². The van der Waals surface area contributed by atoms with Crippen molar-refractivity contribution in [2.24, 2.45) is 0 Å². The molecule has 4 nitrogen and oxygen atoms in total. The predicted molar refractivity (Wildman–Crippen MR) is 90.0 cm³/mol. The summed E-state index contributed by atoms with van der Waals surface area (Å²) < 4.78 is 27.1. The minimum absolute atomic E-state index is 0.133. The SMILES string of the molecule is CN(C)C1(c2ccc(O)cc2)CCCc2ccccc2S1(=O)=O. The van der Waals surface area contributed by atoms with Gasteiger partial charge in [0.05, 0.1) is 4.90 Å². The normalized spacial score (nSPS) is 23.3. The van der Waals surface area contributed by atoms with Crippen LogP contribution in [0, 0.1) is 0 Å². The van der Waals surface area contributed by atoms with Crippen LogP contribution in [0.25, 0.3) is 0 Å². The van der Waals surface area contributed by atoms with E-state index >= 15 is 0 Å². The van der Waals surface area contributed by atoms with E-state index in [1.165, 1.54) is 0 Å². The van der Waals surface area contributed by atoms with Crippen molar-refractivity contribution < 1.29 is 13.5 Å². The third-order valence-corrected chi connectivity index (χ3v) is 7.38. The van der Waals surface area contributed by atoms with Crippen LogP contribution in [0.4, 0.5) is 0 Å². The molecular formula is C18H21NO3S. The summed E-state index contributed by atoms with van der Waals surface area (Å²) in [5.74, 6) is 0.133. The summed E-state index contributed by atoms with van der Waals surface area (Å²) in [7, 11) is 0.00602. The molecule has 2 aromatic rings. The van der Waals surface area contributed by atoms with E-state index in [1.807, 2.05) is 12.1 Å². The minimum Gasteiger partial charge on any atom is -0.508 e. The highest BCUT2D eigenvalue weighted by atomic mass is 32.2. The first-order valence-electron chi connectivity index (χ1n) is 7.69. The molecule has 1 unspecified atom stereocenters. The fourth-order valence-electron chi connectivity index (χ4n) is 3.55. The lowest BCUT2D eigenvalue weighted by Gasteiger charge is -2.39. The van der Waals surface area contributed by atoms with E-state index in [0.29, 0.717) is 16.9 Å². The Morgan fingerprint density at radius 3 is 2.35 bits per heavy atom. The molecule has 0 aliphatic carbocycles. The molecule has 2 aromatic carbocycles. The van der Waals surface area contributed by atoms with Gasteiger partial charge < -0.3 is 5.11 Å². The van der Waals surface area contributed by atoms with Crippen LogP contribution < -0.4 is 0 Å². The Morgan fingerprint density at radius 1 is 1.04 bits per heavy atom. The summed E-state index contributed by atoms with van der Waals surface area (Å²) in [4.78, 5) is 1.09. The zero-order valence-electron chi connectivity index (χ0n) is 13.4. The van der Waals surface area contributed by atoms with Crippen LogP contribution in [0.2, 0.25) is 0 Å². The highest BCUT2D eigenvalue weighted by molar-refractivity contribution is 7.92. The van der Waals surface area contributed by atoms with Gasteiger partial charge in [-0.1, -0.05) is 30.3 Å². The van der Waals surface area contributed by atoms with Gasteiger partial charge in [0.25, 0.3) is 0 Å². The van der Waals surface area contributed by atoms with E-state index < -0.39 is 14.7 Å². The second-order valence-electron chi connectivity index (χ2n) is 6.19. The largest absolute Gasteiger partial charge is 0.508 e. The Kier molecular flexibility index (Phi) is 3.94. The monoisotopic (exact) mass is 331 g/mol. The molecule has 1 atom stereocenters. The summed E-state index contributed by atoms with van der Waals surface area (Å²) >= 11 is 0. The number of phenolic OH excluding ortho intramolecular Hbond substituents is 1. The van der Waals surface area contributed by atoms with Gasteiger partial charge in [-0.15, -0.1) is 0 Å². The van der Waals surface area contributed by atoms with E-state index in [2.05, 4.69) is 0 Å². The molecule has 3 rings (SSSR count). The van der Waals surface area contributed by atoms with Crippen molar-refractivity contribution in [1.82, 2.24) is 4.90 Å². The molecule has 1 N–H and O–H groups in total. The summed E-state index contributed by atoms with van der Waals surface area (Å²) in [6.07, 6.45) is 2.06. The van der Waals surface area contributed by atoms with E-state index in [9.17, 15) is 13.5 Å². The molecule has 1 aliphatic rings. The number of sulfone groups is 1. The van der Waals surface area contributed by atoms with Crippen molar-refractivity contribution in [3.8, 4) is 5.75 Å². The number of aromatic hydroxyl groups is 1. The molecular weight excluding hydrogens is 310 g/mol. The number of hydrogen-bond donors (Lipinski definition) is 1. The Labute approximate surface area is 137 Å². The maximum Gasteiger partial charge on any atom is 0.201 e. The quantitative estimate of drug-likeness (QED) is 0.919. The predicted octanol–water partition coefficient (Wildman–Crippen LogP) is 2.92. The van der Waals surface area contributed by atoms with Crippen molar-refractivity contribution in [1.29, 1.82) is 0 Å². The third kappa shape index (κ3) is 2.35. The maximum atomic E-state index is 13.6. The second kappa shape index (κ2) is 5.65. The number of rotatable bonds is 2. The fourth-order valence-corrected chi connectivity index (χ4v) is 6.03. The fraction of sp³-hybridized carbons (Fsp3) is 0.333. The average molecular weight is 331 g/mol. The van der Waals surface area contributed by atoms with Gasteiger partial charge >= 0.3 is 0 Å². The first-order valence-corrected chi connectivity index (χ1v) is 9.17. The summed E-state index contributed by atoms with van der Waals surface area (Å²) in [6, 6.07) is 13.8. The number of aryl methyl sites for hydroxylation is 1. The number of phenols is 1. The van der Waals surface area contributed by atoms with Crippen LogP contribution in [-0.4, -0.2) is 32.5 Å². The Bertz CT molecular complexity index is 812. The molecule has 5 heteroatoms. The van der Waals surface area contributed by atoms with Gasteiger partial charge in [0, 0.05) is 0 Å². The van der Waals surface area contributed by atoms with Crippen LogP contribution in [0.5, 0.6) is 5.75 Å². The number of benzene rings is 2. The first-order chi connectivity index (χ1) is 10.9. The minimum atomic E-state index is -3.60. The molecule has 0 fully saturated rings. The maximum absolute atomic E-state index is 13.6. The molecule has 0 spiro atoms. The molecule has 1 aliphatic heterocycles. The van der Waals surface area contributed by atoms with Crippen LogP contribution >= 0.6 is 0 Å². The summed E-state index contributed by atoms with van der Waals surface area (Å²) in [6.45, 7) is 0. The van der Waals surface area contributed by atoms with Crippen molar-refractivity contribution in [3.63, 3.8) is 0 Å². The highest BCUT2D eigenvalue weighted by Crippen LogP contribution is 2.45. The topological polar surface area (TPSA) is 57.6 Å². The lowest BCUT2D eigenvalue weighted by atomic mass is 9.97. The molecule has 0 saturated carbocycles. The van der Waals surface area contributed by atoms with E-state index in [1.54, 1.807) is 55.4 Å². The van der Waals surface area contributed by atoms with Gasteiger partial charge in [-0.3, -0.25) is 4.90 Å². The summed E-state index contributed by atoms with van der Waals surface area (Å²) in [5, 5.41) is 9.56. The second-order valence-corrected chi connectivity index (χ2v) is 8.31. The summed E-state index contributed by atoms with van der Waals surface area (Å²) in [5.41, 5.74) is 1.58. The standard InChI is InChI=1S/C18H21NO3S/c1-19(2)18(15-9-11-16(20)12-10-15)13-5-7-14-6-3-4-8-17(14)23(18,21)22/h3-4,6,8-12,20H,5,7,13H2,1-2H3. The molecule has 0 amide bonds. The molecule has 0 saturated heterocycles. The lowest BCUT2D eigenvalue weighted by Crippen LogP contribution is -2.47. The van der Waals surface area contributed by atoms with Crippen molar-refractivity contribution in [2.75, 3.05) is 14.1 Å². The van der Waals surface area contributed by atoms with Crippen LogP contribution in [0.1, 0.15) is 24.0 Å². The lowest BCUT2D eigenvalue weighted by molar-refractivity contribution is 0.225. The molecule has 0 radical (unpaired) electrons. The van der Waals surface area contributed by atoms with Crippen molar-refractivity contribution in [3.05, 3.63) is 59.7 Å². The van der Waals surface area contributed by atoms with E-state index in [-0.39, 0.29) is 5.75 Å². The van der Waals surface area contributed by atoms with Crippen LogP contribution in [0.15, 0.2) is 53.4 Å². The molecule has 0 bridgehead atoms. The zero-order valence-corrected chi connectivity index (χ0v) is 14.2. The third-order valence-electron chi connectivity index (χ3n) is 4.71. The Balaban J connectivity index is 2.30. The highest BCUT2D eigenvalue weighted by Gasteiger charge is 2.49. The van der Waals surface area contributed by atoms with Crippen molar-refractivity contribution in [2.45, 2.75) is 29.0 Å². The Morgan fingerprint density at radius 2 is 1.70 bits per heavy atom. The van der Waals surface area contributed by atoms with Gasteiger partial charge in [0.15, 0.2) is 4.87 Å². The molecule has 1 heterocycles. The van der Waals surface area contributed by atoms with Crippen molar-refractivity contribution >= 4 is 9.84 Å². The number of nitrogens with zero attached hydrogens (tertiary/aromatic N) is 1. The number of fused-ring (bicyclic) bond motifs is 1.